The minimum Gasteiger partial charge on any atom is -0.338 e. The normalized spacial score (nSPS) is 10.9. The molecule has 6 nitrogen and oxygen atoms in total. The molecule has 0 aliphatic rings. The van der Waals surface area contributed by atoms with E-state index in [1.165, 1.54) is 0 Å². The molecule has 0 aliphatic heterocycles. The maximum absolute atomic E-state index is 12.4. The average molecular weight is 317 g/mol. The number of fused-ring (bicyclic) bond motifs is 1. The van der Waals surface area contributed by atoms with Gasteiger partial charge in [0.1, 0.15) is 5.82 Å². The van der Waals surface area contributed by atoms with Gasteiger partial charge in [-0.3, -0.25) is 9.48 Å². The molecule has 118 valence electrons. The van der Waals surface area contributed by atoms with Gasteiger partial charge in [-0.05, 0) is 30.3 Å². The van der Waals surface area contributed by atoms with E-state index in [0.717, 1.165) is 16.6 Å². The van der Waals surface area contributed by atoms with Crippen LogP contribution in [0.3, 0.4) is 0 Å². The highest BCUT2D eigenvalue weighted by atomic mass is 16.1. The number of benzene rings is 2. The van der Waals surface area contributed by atoms with E-state index in [9.17, 15) is 4.79 Å². The van der Waals surface area contributed by atoms with Gasteiger partial charge in [0, 0.05) is 18.8 Å². The number of anilines is 1. The molecular weight excluding hydrogens is 302 g/mol. The van der Waals surface area contributed by atoms with Gasteiger partial charge in [-0.1, -0.05) is 24.3 Å². The molecule has 0 atom stereocenters. The zero-order valence-electron chi connectivity index (χ0n) is 13.0. The van der Waals surface area contributed by atoms with Crippen molar-refractivity contribution in [3.05, 3.63) is 66.5 Å². The van der Waals surface area contributed by atoms with Gasteiger partial charge in [-0.15, -0.1) is 0 Å². The SMILES string of the molecule is Cn1ccc(C(=O)Nc2ccccc2-c2nc3ccccc3[nH]2)n1. The number of amides is 1. The highest BCUT2D eigenvalue weighted by Crippen LogP contribution is 2.27. The number of aryl methyl sites for hydroxylation is 1. The first-order chi connectivity index (χ1) is 11.7. The van der Waals surface area contributed by atoms with Crippen molar-refractivity contribution in [3.8, 4) is 11.4 Å². The van der Waals surface area contributed by atoms with Crippen LogP contribution in [0.4, 0.5) is 5.69 Å². The van der Waals surface area contributed by atoms with Crippen LogP contribution in [-0.2, 0) is 7.05 Å². The van der Waals surface area contributed by atoms with Crippen LogP contribution >= 0.6 is 0 Å². The summed E-state index contributed by atoms with van der Waals surface area (Å²) in [5, 5.41) is 7.03. The molecule has 24 heavy (non-hydrogen) atoms. The minimum absolute atomic E-state index is 0.251. The van der Waals surface area contributed by atoms with E-state index in [-0.39, 0.29) is 5.91 Å². The lowest BCUT2D eigenvalue weighted by Gasteiger charge is -2.08. The molecule has 2 heterocycles. The third kappa shape index (κ3) is 2.54. The number of carbonyl (C=O) groups is 1. The molecule has 2 N–H and O–H groups in total. The molecule has 0 aliphatic carbocycles. The van der Waals surface area contributed by atoms with E-state index in [1.807, 2.05) is 48.5 Å². The molecule has 0 bridgehead atoms. The summed E-state index contributed by atoms with van der Waals surface area (Å²) in [6.45, 7) is 0. The molecule has 6 heteroatoms. The second kappa shape index (κ2) is 5.66. The van der Waals surface area contributed by atoms with E-state index in [2.05, 4.69) is 20.4 Å². The van der Waals surface area contributed by atoms with E-state index in [1.54, 1.807) is 24.0 Å². The lowest BCUT2D eigenvalue weighted by atomic mass is 10.1. The largest absolute Gasteiger partial charge is 0.338 e. The van der Waals surface area contributed by atoms with Gasteiger partial charge >= 0.3 is 0 Å². The number of hydrogen-bond acceptors (Lipinski definition) is 3. The van der Waals surface area contributed by atoms with Crippen LogP contribution < -0.4 is 5.32 Å². The van der Waals surface area contributed by atoms with E-state index >= 15 is 0 Å². The van der Waals surface area contributed by atoms with Crippen molar-refractivity contribution in [1.82, 2.24) is 19.7 Å². The average Bonchev–Trinajstić information content (AvgIpc) is 3.21. The third-order valence-electron chi connectivity index (χ3n) is 3.77. The van der Waals surface area contributed by atoms with E-state index in [4.69, 9.17) is 0 Å². The Bertz CT molecular complexity index is 998. The van der Waals surface area contributed by atoms with Crippen molar-refractivity contribution < 1.29 is 4.79 Å². The Hall–Kier alpha value is -3.41. The summed E-state index contributed by atoms with van der Waals surface area (Å²) in [6.07, 6.45) is 1.74. The standard InChI is InChI=1S/C18H15N5O/c1-23-11-10-16(22-23)18(24)21-13-7-3-2-6-12(13)17-19-14-8-4-5-9-15(14)20-17/h2-11H,1H3,(H,19,20)(H,21,24). The van der Waals surface area contributed by atoms with Crippen LogP contribution in [0, 0.1) is 0 Å². The third-order valence-corrected chi connectivity index (χ3v) is 3.77. The monoisotopic (exact) mass is 317 g/mol. The molecule has 0 saturated heterocycles. The van der Waals surface area contributed by atoms with Crippen LogP contribution in [0.25, 0.3) is 22.4 Å². The summed E-state index contributed by atoms with van der Waals surface area (Å²) in [5.74, 6) is 0.465. The number of rotatable bonds is 3. The molecular formula is C18H15N5O. The number of aromatic amines is 1. The fourth-order valence-corrected chi connectivity index (χ4v) is 2.60. The first-order valence-corrected chi connectivity index (χ1v) is 7.56. The first-order valence-electron chi connectivity index (χ1n) is 7.56. The second-order valence-electron chi connectivity index (χ2n) is 5.48. The molecule has 2 aromatic heterocycles. The number of imidazole rings is 1. The first kappa shape index (κ1) is 14.2. The van der Waals surface area contributed by atoms with E-state index in [0.29, 0.717) is 17.2 Å². The maximum atomic E-state index is 12.4. The summed E-state index contributed by atoms with van der Waals surface area (Å²) in [5.41, 5.74) is 3.74. The number of carbonyl (C=O) groups excluding carboxylic acids is 1. The summed E-state index contributed by atoms with van der Waals surface area (Å²) in [6, 6.07) is 17.1. The van der Waals surface area contributed by atoms with Gasteiger partial charge in [0.25, 0.3) is 5.91 Å². The number of nitrogens with one attached hydrogen (secondary N) is 2. The Morgan fingerprint density at radius 1 is 1.08 bits per heavy atom. The Labute approximate surface area is 138 Å². The summed E-state index contributed by atoms with van der Waals surface area (Å²) in [7, 11) is 1.78. The minimum atomic E-state index is -0.251. The molecule has 4 aromatic rings. The number of para-hydroxylation sites is 3. The number of nitrogens with zero attached hydrogens (tertiary/aromatic N) is 3. The van der Waals surface area contributed by atoms with Crippen LogP contribution in [0.2, 0.25) is 0 Å². The van der Waals surface area contributed by atoms with Crippen LogP contribution in [0.5, 0.6) is 0 Å². The molecule has 0 saturated carbocycles. The summed E-state index contributed by atoms with van der Waals surface area (Å²) < 4.78 is 1.60. The zero-order chi connectivity index (χ0) is 16.5. The molecule has 0 radical (unpaired) electrons. The Kier molecular flexibility index (Phi) is 3.35. The lowest BCUT2D eigenvalue weighted by molar-refractivity contribution is 0.102. The molecule has 0 unspecified atom stereocenters. The van der Waals surface area contributed by atoms with Crippen molar-refractivity contribution in [3.63, 3.8) is 0 Å². The fourth-order valence-electron chi connectivity index (χ4n) is 2.60. The zero-order valence-corrected chi connectivity index (χ0v) is 13.0. The van der Waals surface area contributed by atoms with Crippen molar-refractivity contribution in [2.24, 2.45) is 7.05 Å². The van der Waals surface area contributed by atoms with Crippen LogP contribution in [-0.4, -0.2) is 25.7 Å². The maximum Gasteiger partial charge on any atom is 0.276 e. The van der Waals surface area contributed by atoms with Gasteiger partial charge in [0.2, 0.25) is 0 Å². The van der Waals surface area contributed by atoms with Crippen LogP contribution in [0.15, 0.2) is 60.8 Å². The Morgan fingerprint density at radius 2 is 1.88 bits per heavy atom. The number of aromatic nitrogens is 4. The predicted molar refractivity (Wildman–Crippen MR) is 92.7 cm³/mol. The Morgan fingerprint density at radius 3 is 2.67 bits per heavy atom. The highest BCUT2D eigenvalue weighted by molar-refractivity contribution is 6.04. The molecule has 2 aromatic carbocycles. The lowest BCUT2D eigenvalue weighted by Crippen LogP contribution is -2.13. The molecule has 0 fully saturated rings. The number of H-pyrrole nitrogens is 1. The van der Waals surface area contributed by atoms with Gasteiger partial charge < -0.3 is 10.3 Å². The smallest absolute Gasteiger partial charge is 0.276 e. The van der Waals surface area contributed by atoms with Crippen molar-refractivity contribution in [1.29, 1.82) is 0 Å². The van der Waals surface area contributed by atoms with E-state index < -0.39 is 0 Å². The topological polar surface area (TPSA) is 75.6 Å². The Balaban J connectivity index is 1.71. The highest BCUT2D eigenvalue weighted by Gasteiger charge is 2.14. The molecule has 1 amide bonds. The van der Waals surface area contributed by atoms with Crippen LogP contribution in [0.1, 0.15) is 10.5 Å². The molecule has 0 spiro atoms. The predicted octanol–water partition coefficient (Wildman–Crippen LogP) is 3.22. The van der Waals surface area contributed by atoms with Crippen molar-refractivity contribution in [2.75, 3.05) is 5.32 Å². The van der Waals surface area contributed by atoms with Crippen molar-refractivity contribution >= 4 is 22.6 Å². The van der Waals surface area contributed by atoms with Gasteiger partial charge in [-0.25, -0.2) is 4.98 Å². The summed E-state index contributed by atoms with van der Waals surface area (Å²) >= 11 is 0. The number of hydrogen-bond donors (Lipinski definition) is 2. The van der Waals surface area contributed by atoms with Gasteiger partial charge in [0.05, 0.1) is 16.7 Å². The quantitative estimate of drug-likeness (QED) is 0.609. The summed E-state index contributed by atoms with van der Waals surface area (Å²) in [4.78, 5) is 20.3. The second-order valence-corrected chi connectivity index (χ2v) is 5.48. The van der Waals surface area contributed by atoms with Gasteiger partial charge in [0.15, 0.2) is 5.69 Å². The fraction of sp³-hybridized carbons (Fsp3) is 0.0556. The van der Waals surface area contributed by atoms with Crippen molar-refractivity contribution in [2.45, 2.75) is 0 Å². The molecule has 4 rings (SSSR count). The van der Waals surface area contributed by atoms with Gasteiger partial charge in [-0.2, -0.15) is 5.10 Å².